The van der Waals surface area contributed by atoms with E-state index in [0.29, 0.717) is 10.6 Å². The summed E-state index contributed by atoms with van der Waals surface area (Å²) in [5, 5.41) is 0.329. The number of Topliss-reactive ketones (excluding diaryl/α,β-unsaturated/α-hetero) is 1. The van der Waals surface area contributed by atoms with Gasteiger partial charge in [-0.2, -0.15) is 0 Å². The Hall–Kier alpha value is -0.930. The molecule has 0 fully saturated rings. The number of nitrogens with two attached hydrogens (primary N) is 1. The molecule has 0 aromatic heterocycles. The molecule has 1 aromatic rings. The van der Waals surface area contributed by atoms with E-state index >= 15 is 0 Å². The number of carbonyl (C=O) groups excluding carboxylic acids is 1. The van der Waals surface area contributed by atoms with Crippen molar-refractivity contribution in [3.05, 3.63) is 34.6 Å². The highest BCUT2D eigenvalue weighted by molar-refractivity contribution is 6.30. The summed E-state index contributed by atoms with van der Waals surface area (Å²) in [7, 11) is 0. The van der Waals surface area contributed by atoms with Crippen molar-refractivity contribution in [2.75, 3.05) is 0 Å². The summed E-state index contributed by atoms with van der Waals surface area (Å²) >= 11 is 5.65. The largest absolute Gasteiger partial charge is 0.327 e. The summed E-state index contributed by atoms with van der Waals surface area (Å²) in [6, 6.07) is 4.11. The first-order chi connectivity index (χ1) is 8.20. The van der Waals surface area contributed by atoms with Crippen molar-refractivity contribution in [2.24, 2.45) is 11.1 Å². The van der Waals surface area contributed by atoms with E-state index in [1.54, 1.807) is 6.07 Å². The van der Waals surface area contributed by atoms with Crippen LogP contribution in [0.2, 0.25) is 5.02 Å². The lowest BCUT2D eigenvalue weighted by atomic mass is 9.84. The molecule has 1 unspecified atom stereocenters. The Balaban J connectivity index is 2.65. The molecule has 1 aromatic carbocycles. The minimum atomic E-state index is -0.444. The lowest BCUT2D eigenvalue weighted by Gasteiger charge is -2.26. The fraction of sp³-hybridized carbons (Fsp3) is 0.500. The van der Waals surface area contributed by atoms with Crippen LogP contribution in [0.1, 0.15) is 32.8 Å². The first kappa shape index (κ1) is 15.1. The molecule has 0 aliphatic rings. The smallest absolute Gasteiger partial charge is 0.138 e. The maximum Gasteiger partial charge on any atom is 0.138 e. The lowest BCUT2D eigenvalue weighted by Crippen LogP contribution is -2.37. The monoisotopic (exact) mass is 271 g/mol. The summed E-state index contributed by atoms with van der Waals surface area (Å²) in [5.74, 6) is -0.501. The molecule has 0 spiro atoms. The zero-order valence-corrected chi connectivity index (χ0v) is 11.7. The van der Waals surface area contributed by atoms with E-state index in [-0.39, 0.29) is 30.1 Å². The van der Waals surface area contributed by atoms with E-state index in [1.165, 1.54) is 12.1 Å². The molecule has 0 heterocycles. The zero-order valence-electron chi connectivity index (χ0n) is 11.0. The lowest BCUT2D eigenvalue weighted by molar-refractivity contribution is -0.119. The Morgan fingerprint density at radius 2 is 2.06 bits per heavy atom. The van der Waals surface area contributed by atoms with E-state index in [4.69, 9.17) is 17.3 Å². The second-order valence-electron chi connectivity index (χ2n) is 5.63. The molecule has 0 saturated heterocycles. The van der Waals surface area contributed by atoms with E-state index in [9.17, 15) is 9.18 Å². The fourth-order valence-electron chi connectivity index (χ4n) is 1.50. The van der Waals surface area contributed by atoms with E-state index < -0.39 is 5.82 Å². The molecular weight excluding hydrogens is 253 g/mol. The summed E-state index contributed by atoms with van der Waals surface area (Å²) in [6.07, 6.45) is 0.318. The molecule has 100 valence electrons. The molecule has 2 nitrogen and oxygen atoms in total. The van der Waals surface area contributed by atoms with Crippen molar-refractivity contribution in [3.8, 4) is 0 Å². The predicted octanol–water partition coefficient (Wildman–Crippen LogP) is 3.35. The molecule has 1 atom stereocenters. The van der Waals surface area contributed by atoms with Gasteiger partial charge in [0.15, 0.2) is 0 Å². The van der Waals surface area contributed by atoms with Crippen LogP contribution in [-0.2, 0) is 11.2 Å². The molecular formula is C14H19ClFNO. The van der Waals surface area contributed by atoms with Crippen LogP contribution in [0.3, 0.4) is 0 Å². The van der Waals surface area contributed by atoms with Crippen molar-refractivity contribution in [1.29, 1.82) is 0 Å². The molecule has 0 bridgehead atoms. The second kappa shape index (κ2) is 5.81. The van der Waals surface area contributed by atoms with Crippen LogP contribution in [0.25, 0.3) is 0 Å². The Kier molecular flexibility index (Phi) is 4.88. The minimum absolute atomic E-state index is 0.0568. The Labute approximate surface area is 112 Å². The number of ketones is 1. The summed E-state index contributed by atoms with van der Waals surface area (Å²) in [5.41, 5.74) is 6.17. The topological polar surface area (TPSA) is 43.1 Å². The molecule has 0 radical (unpaired) electrons. The van der Waals surface area contributed by atoms with Crippen LogP contribution >= 0.6 is 11.6 Å². The van der Waals surface area contributed by atoms with Gasteiger partial charge in [-0.15, -0.1) is 0 Å². The maximum absolute atomic E-state index is 13.5. The highest BCUT2D eigenvalue weighted by Gasteiger charge is 2.23. The van der Waals surface area contributed by atoms with Gasteiger partial charge in [0, 0.05) is 23.9 Å². The zero-order chi connectivity index (χ0) is 13.9. The van der Waals surface area contributed by atoms with Crippen molar-refractivity contribution in [2.45, 2.75) is 39.7 Å². The number of hydrogen-bond donors (Lipinski definition) is 1. The Morgan fingerprint density at radius 3 is 2.56 bits per heavy atom. The summed E-state index contributed by atoms with van der Waals surface area (Å²) in [6.45, 7) is 5.94. The molecule has 2 N–H and O–H groups in total. The van der Waals surface area contributed by atoms with Gasteiger partial charge in [-0.25, -0.2) is 4.39 Å². The van der Waals surface area contributed by atoms with Gasteiger partial charge in [-0.3, -0.25) is 4.79 Å². The van der Waals surface area contributed by atoms with Gasteiger partial charge < -0.3 is 5.73 Å². The summed E-state index contributed by atoms with van der Waals surface area (Å²) in [4.78, 5) is 11.8. The minimum Gasteiger partial charge on any atom is -0.327 e. The van der Waals surface area contributed by atoms with Crippen molar-refractivity contribution in [3.63, 3.8) is 0 Å². The maximum atomic E-state index is 13.5. The highest BCUT2D eigenvalue weighted by Crippen LogP contribution is 2.21. The van der Waals surface area contributed by atoms with Crippen LogP contribution in [0, 0.1) is 11.2 Å². The van der Waals surface area contributed by atoms with E-state index in [0.717, 1.165) is 0 Å². The average Bonchev–Trinajstić information content (AvgIpc) is 2.20. The average molecular weight is 272 g/mol. The Bertz CT molecular complexity index is 440. The molecule has 0 amide bonds. The third-order valence-corrected chi connectivity index (χ3v) is 3.20. The predicted molar refractivity (Wildman–Crippen MR) is 72.2 cm³/mol. The third-order valence-electron chi connectivity index (χ3n) is 2.96. The van der Waals surface area contributed by atoms with Gasteiger partial charge in [0.05, 0.1) is 0 Å². The van der Waals surface area contributed by atoms with Crippen molar-refractivity contribution in [1.82, 2.24) is 0 Å². The van der Waals surface area contributed by atoms with Crippen molar-refractivity contribution < 1.29 is 9.18 Å². The van der Waals surface area contributed by atoms with Gasteiger partial charge >= 0.3 is 0 Å². The molecule has 0 aliphatic carbocycles. The number of halogens is 2. The highest BCUT2D eigenvalue weighted by atomic mass is 35.5. The fourth-order valence-corrected chi connectivity index (χ4v) is 1.66. The number of benzene rings is 1. The van der Waals surface area contributed by atoms with Crippen molar-refractivity contribution >= 4 is 17.4 Å². The van der Waals surface area contributed by atoms with Gasteiger partial charge in [-0.1, -0.05) is 38.4 Å². The second-order valence-corrected chi connectivity index (χ2v) is 6.06. The van der Waals surface area contributed by atoms with Crippen LogP contribution in [0.15, 0.2) is 18.2 Å². The molecule has 0 saturated carbocycles. The quantitative estimate of drug-likeness (QED) is 0.913. The normalized spacial score (nSPS) is 13.4. The van der Waals surface area contributed by atoms with Gasteiger partial charge in [-0.05, 0) is 23.1 Å². The SMILES string of the molecule is CC(C)(C)C(N)CC(=O)Cc1ccc(Cl)cc1F. The number of hydrogen-bond acceptors (Lipinski definition) is 2. The van der Waals surface area contributed by atoms with Gasteiger partial charge in [0.2, 0.25) is 0 Å². The van der Waals surface area contributed by atoms with Crippen LogP contribution in [0.5, 0.6) is 0 Å². The molecule has 0 aliphatic heterocycles. The van der Waals surface area contributed by atoms with Crippen LogP contribution in [0.4, 0.5) is 4.39 Å². The van der Waals surface area contributed by atoms with Gasteiger partial charge in [0.25, 0.3) is 0 Å². The van der Waals surface area contributed by atoms with Crippen LogP contribution in [-0.4, -0.2) is 11.8 Å². The van der Waals surface area contributed by atoms with E-state index in [1.807, 2.05) is 20.8 Å². The first-order valence-electron chi connectivity index (χ1n) is 5.91. The number of carbonyl (C=O) groups is 1. The summed E-state index contributed by atoms with van der Waals surface area (Å²) < 4.78 is 13.5. The molecule has 1 rings (SSSR count). The third kappa shape index (κ3) is 4.39. The Morgan fingerprint density at radius 1 is 1.44 bits per heavy atom. The van der Waals surface area contributed by atoms with Gasteiger partial charge in [0.1, 0.15) is 11.6 Å². The molecule has 4 heteroatoms. The number of rotatable bonds is 4. The molecule has 18 heavy (non-hydrogen) atoms. The van der Waals surface area contributed by atoms with E-state index in [2.05, 4.69) is 0 Å². The van der Waals surface area contributed by atoms with Crippen LogP contribution < -0.4 is 5.73 Å². The first-order valence-corrected chi connectivity index (χ1v) is 6.29. The standard InChI is InChI=1S/C14H19ClFNO/c1-14(2,3)13(17)8-11(18)6-9-4-5-10(15)7-12(9)16/h4-5,7,13H,6,8,17H2,1-3H3.